The minimum absolute atomic E-state index is 0.00380. The average Bonchev–Trinajstić information content (AvgIpc) is 3.57. The van der Waals surface area contributed by atoms with Crippen LogP contribution >= 0.6 is 0 Å². The van der Waals surface area contributed by atoms with Crippen LogP contribution in [-0.2, 0) is 38.8 Å². The van der Waals surface area contributed by atoms with Crippen LogP contribution in [0.3, 0.4) is 0 Å². The molecular formula is C40H44N4O6. The van der Waals surface area contributed by atoms with Crippen molar-refractivity contribution in [2.75, 3.05) is 0 Å². The summed E-state index contributed by atoms with van der Waals surface area (Å²) in [6, 6.07) is 32.3. The summed E-state index contributed by atoms with van der Waals surface area (Å²) in [7, 11) is 0. The van der Waals surface area contributed by atoms with Crippen molar-refractivity contribution in [1.29, 1.82) is 0 Å². The van der Waals surface area contributed by atoms with Crippen LogP contribution in [0.15, 0.2) is 103 Å². The minimum atomic E-state index is -0.597. The largest absolute Gasteiger partial charge is 0.392 e. The molecule has 4 N–H and O–H groups in total. The molecular weight excluding hydrogens is 632 g/mol. The van der Waals surface area contributed by atoms with E-state index in [9.17, 15) is 14.7 Å². The number of hydroxylamine groups is 1. The van der Waals surface area contributed by atoms with Crippen molar-refractivity contribution in [3.63, 3.8) is 0 Å². The number of aliphatic hydroxyl groups is 1. The van der Waals surface area contributed by atoms with Gasteiger partial charge >= 0.3 is 0 Å². The summed E-state index contributed by atoms with van der Waals surface area (Å²) in [5.41, 5.74) is 9.49. The molecule has 6 rings (SSSR count). The van der Waals surface area contributed by atoms with Crippen molar-refractivity contribution in [1.82, 2.24) is 20.3 Å². The molecule has 3 atom stereocenters. The van der Waals surface area contributed by atoms with E-state index in [0.29, 0.717) is 32.4 Å². The van der Waals surface area contributed by atoms with Gasteiger partial charge in [0.1, 0.15) is 0 Å². The van der Waals surface area contributed by atoms with Crippen molar-refractivity contribution in [2.24, 2.45) is 0 Å². The fourth-order valence-electron chi connectivity index (χ4n) is 6.40. The van der Waals surface area contributed by atoms with Gasteiger partial charge in [-0.1, -0.05) is 85.6 Å². The molecule has 260 valence electrons. The summed E-state index contributed by atoms with van der Waals surface area (Å²) in [6.45, 7) is 1.05. The topological polar surface area (TPSA) is 135 Å². The molecule has 10 heteroatoms. The summed E-state index contributed by atoms with van der Waals surface area (Å²) >= 11 is 0. The fourth-order valence-corrected chi connectivity index (χ4v) is 6.40. The van der Waals surface area contributed by atoms with E-state index in [1.807, 2.05) is 73.1 Å². The Labute approximate surface area is 292 Å². The molecule has 1 aliphatic rings. The Morgan fingerprint density at radius 3 is 2.30 bits per heavy atom. The highest BCUT2D eigenvalue weighted by molar-refractivity contribution is 5.76. The third-order valence-electron chi connectivity index (χ3n) is 9.13. The number of amides is 2. The first kappa shape index (κ1) is 35.0. The number of aromatic nitrogens is 2. The smallest absolute Gasteiger partial charge is 0.243 e. The molecule has 0 spiro atoms. The molecule has 2 amide bonds. The van der Waals surface area contributed by atoms with Crippen molar-refractivity contribution in [2.45, 2.75) is 83.1 Å². The number of ether oxygens (including phenoxy) is 2. The minimum Gasteiger partial charge on any atom is -0.392 e. The van der Waals surface area contributed by atoms with E-state index in [1.54, 1.807) is 5.48 Å². The van der Waals surface area contributed by atoms with Gasteiger partial charge in [0.05, 0.1) is 42.7 Å². The molecule has 0 saturated carbocycles. The fraction of sp³-hybridized carbons (Fsp3) is 0.325. The maximum Gasteiger partial charge on any atom is 0.243 e. The Morgan fingerprint density at radius 1 is 0.780 bits per heavy atom. The van der Waals surface area contributed by atoms with Crippen LogP contribution in [-0.4, -0.2) is 37.8 Å². The first-order valence-electron chi connectivity index (χ1n) is 17.3. The summed E-state index contributed by atoms with van der Waals surface area (Å²) in [6.07, 6.45) is 5.42. The number of nitrogens with one attached hydrogen (secondary N) is 2. The SMILES string of the molecule is O=C(CCCCCCC(=O)NCc1cccc(-c2cccc([C@@H]3O[C@H](Cn4cnc5ccccc54)C[C@H](c4ccc(CO)cc4)O3)c2)c1)NO. The first-order valence-corrected chi connectivity index (χ1v) is 17.3. The first-order chi connectivity index (χ1) is 24.5. The molecule has 2 heterocycles. The van der Waals surface area contributed by atoms with Gasteiger partial charge in [0.2, 0.25) is 11.8 Å². The second-order valence-electron chi connectivity index (χ2n) is 12.8. The van der Waals surface area contributed by atoms with E-state index in [-0.39, 0.29) is 37.0 Å². The Hall–Kier alpha value is -4.87. The van der Waals surface area contributed by atoms with Crippen LogP contribution < -0.4 is 10.8 Å². The molecule has 0 bridgehead atoms. The van der Waals surface area contributed by atoms with Gasteiger partial charge in [0.15, 0.2) is 6.29 Å². The maximum atomic E-state index is 12.5. The summed E-state index contributed by atoms with van der Waals surface area (Å²) < 4.78 is 15.4. The summed E-state index contributed by atoms with van der Waals surface area (Å²) in [5, 5.41) is 21.2. The van der Waals surface area contributed by atoms with Gasteiger partial charge in [-0.3, -0.25) is 14.8 Å². The number of carbonyl (C=O) groups is 2. The van der Waals surface area contributed by atoms with Gasteiger partial charge in [-0.05, 0) is 64.9 Å². The van der Waals surface area contributed by atoms with Crippen LogP contribution in [0, 0.1) is 0 Å². The molecule has 0 aliphatic carbocycles. The second kappa shape index (κ2) is 17.2. The molecule has 4 aromatic carbocycles. The maximum absolute atomic E-state index is 12.5. The highest BCUT2D eigenvalue weighted by Crippen LogP contribution is 2.39. The van der Waals surface area contributed by atoms with Crippen LogP contribution in [0.5, 0.6) is 0 Å². The van der Waals surface area contributed by atoms with Crippen LogP contribution in [0.2, 0.25) is 0 Å². The molecule has 0 unspecified atom stereocenters. The van der Waals surface area contributed by atoms with E-state index in [0.717, 1.165) is 63.7 Å². The normalized spacial score (nSPS) is 17.4. The van der Waals surface area contributed by atoms with Crippen LogP contribution in [0.4, 0.5) is 0 Å². The van der Waals surface area contributed by atoms with Crippen molar-refractivity contribution >= 4 is 22.8 Å². The lowest BCUT2D eigenvalue weighted by atomic mass is 9.98. The number of carbonyl (C=O) groups excluding carboxylic acids is 2. The third-order valence-corrected chi connectivity index (χ3v) is 9.13. The standard InChI is InChI=1S/C40H44N4O6/c45-26-28-17-19-30(20-18-28)37-23-34(25-44-27-42-35-13-5-6-14-36(35)44)49-40(50-37)33-12-8-11-32(22-33)31-10-7-9-29(21-31)24-41-38(46)15-3-1-2-4-16-39(47)43-48/h5-14,17-22,27,34,37,40,45,48H,1-4,15-16,23-26H2,(H,41,46)(H,43,47)/t34-,37+,40+/m0/s1. The number of hydrogen-bond donors (Lipinski definition) is 4. The highest BCUT2D eigenvalue weighted by Gasteiger charge is 2.33. The van der Waals surface area contributed by atoms with Gasteiger partial charge in [0.25, 0.3) is 0 Å². The summed E-state index contributed by atoms with van der Waals surface area (Å²) in [5.74, 6) is -0.386. The number of hydrogen-bond acceptors (Lipinski definition) is 7. The molecule has 0 radical (unpaired) electrons. The lowest BCUT2D eigenvalue weighted by molar-refractivity contribution is -0.252. The monoisotopic (exact) mass is 676 g/mol. The van der Waals surface area contributed by atoms with Gasteiger partial charge < -0.3 is 24.5 Å². The van der Waals surface area contributed by atoms with Crippen LogP contribution in [0.1, 0.15) is 79.6 Å². The van der Waals surface area contributed by atoms with Crippen molar-refractivity contribution in [3.8, 4) is 11.1 Å². The predicted octanol–water partition coefficient (Wildman–Crippen LogP) is 6.90. The zero-order valence-corrected chi connectivity index (χ0v) is 28.0. The summed E-state index contributed by atoms with van der Waals surface area (Å²) in [4.78, 5) is 28.2. The molecule has 50 heavy (non-hydrogen) atoms. The van der Waals surface area contributed by atoms with Gasteiger partial charge in [-0.25, -0.2) is 10.5 Å². The number of nitrogens with zero attached hydrogens (tertiary/aromatic N) is 2. The van der Waals surface area contributed by atoms with Gasteiger partial charge in [0, 0.05) is 31.4 Å². The number of para-hydroxylation sites is 2. The van der Waals surface area contributed by atoms with Crippen molar-refractivity contribution in [3.05, 3.63) is 126 Å². The number of aliphatic hydroxyl groups excluding tert-OH is 1. The number of imidazole rings is 1. The average molecular weight is 677 g/mol. The Balaban J connectivity index is 1.12. The molecule has 10 nitrogen and oxygen atoms in total. The van der Waals surface area contributed by atoms with E-state index in [2.05, 4.69) is 45.2 Å². The number of fused-ring (bicyclic) bond motifs is 1. The lowest BCUT2D eigenvalue weighted by Crippen LogP contribution is -2.32. The predicted molar refractivity (Wildman–Crippen MR) is 190 cm³/mol. The second-order valence-corrected chi connectivity index (χ2v) is 12.8. The van der Waals surface area contributed by atoms with Crippen LogP contribution in [0.25, 0.3) is 22.2 Å². The molecule has 5 aromatic rings. The number of benzene rings is 4. The third kappa shape index (κ3) is 9.22. The molecule has 1 saturated heterocycles. The molecule has 1 aromatic heterocycles. The molecule has 1 fully saturated rings. The molecule has 1 aliphatic heterocycles. The number of unbranched alkanes of at least 4 members (excludes halogenated alkanes) is 3. The highest BCUT2D eigenvalue weighted by atomic mass is 16.7. The quantitative estimate of drug-likeness (QED) is 0.0538. The zero-order chi connectivity index (χ0) is 34.7. The lowest BCUT2D eigenvalue weighted by Gasteiger charge is -2.36. The number of rotatable bonds is 15. The van der Waals surface area contributed by atoms with E-state index >= 15 is 0 Å². The van der Waals surface area contributed by atoms with Crippen molar-refractivity contribution < 1.29 is 29.4 Å². The van der Waals surface area contributed by atoms with Gasteiger partial charge in [-0.15, -0.1) is 0 Å². The van der Waals surface area contributed by atoms with E-state index in [1.165, 1.54) is 0 Å². The van der Waals surface area contributed by atoms with Gasteiger partial charge in [-0.2, -0.15) is 0 Å². The Bertz CT molecular complexity index is 1870. The zero-order valence-electron chi connectivity index (χ0n) is 28.0. The van der Waals surface area contributed by atoms with E-state index in [4.69, 9.17) is 14.7 Å². The van der Waals surface area contributed by atoms with E-state index < -0.39 is 6.29 Å². The Morgan fingerprint density at radius 2 is 1.52 bits per heavy atom. The Kier molecular flexibility index (Phi) is 12.0.